The average molecular weight is 331 g/mol. The van der Waals surface area contributed by atoms with E-state index in [0.717, 1.165) is 0 Å². The van der Waals surface area contributed by atoms with Crippen LogP contribution in [0.1, 0.15) is 62.5 Å². The van der Waals surface area contributed by atoms with Gasteiger partial charge in [-0.05, 0) is 51.4 Å². The van der Waals surface area contributed by atoms with E-state index in [0.29, 0.717) is 0 Å². The smallest absolute Gasteiger partial charge is 0.104 e. The fourth-order valence-electron chi connectivity index (χ4n) is 4.85. The van der Waals surface area contributed by atoms with Crippen LogP contribution in [0.4, 0.5) is 0 Å². The number of likely N-dealkylation sites (tertiary alicyclic amines) is 2. The van der Waals surface area contributed by atoms with Crippen LogP contribution in [0.25, 0.3) is 0 Å². The highest BCUT2D eigenvalue weighted by molar-refractivity contribution is 5.21. The van der Waals surface area contributed by atoms with E-state index in [4.69, 9.17) is 0 Å². The molecule has 134 valence electrons. The van der Waals surface area contributed by atoms with Gasteiger partial charge in [0, 0.05) is 11.1 Å². The zero-order valence-electron chi connectivity index (χ0n) is 16.1. The van der Waals surface area contributed by atoms with E-state index in [-0.39, 0.29) is 0 Å². The lowest BCUT2D eigenvalue weighted by Gasteiger charge is -2.34. The number of quaternary nitrogens is 2. The Bertz CT molecular complexity index is 442. The molecule has 0 unspecified atom stereocenters. The lowest BCUT2D eigenvalue weighted by molar-refractivity contribution is -0.922. The minimum atomic E-state index is 1.21. The Balaban J connectivity index is 1.60. The van der Waals surface area contributed by atoms with Gasteiger partial charge < -0.3 is 8.97 Å². The van der Waals surface area contributed by atoms with Crippen LogP contribution >= 0.6 is 0 Å². The first kappa shape index (κ1) is 17.9. The summed E-state index contributed by atoms with van der Waals surface area (Å²) >= 11 is 0. The van der Waals surface area contributed by atoms with Gasteiger partial charge in [0.15, 0.2) is 0 Å². The predicted octanol–water partition coefficient (Wildman–Crippen LogP) is 4.73. The van der Waals surface area contributed by atoms with Crippen molar-refractivity contribution in [1.82, 2.24) is 0 Å². The van der Waals surface area contributed by atoms with Gasteiger partial charge in [-0.1, -0.05) is 24.3 Å². The third-order valence-corrected chi connectivity index (χ3v) is 6.44. The van der Waals surface area contributed by atoms with Crippen molar-refractivity contribution >= 4 is 0 Å². The average Bonchev–Trinajstić information content (AvgIpc) is 2.90. The molecule has 3 rings (SSSR count). The van der Waals surface area contributed by atoms with Crippen molar-refractivity contribution in [3.63, 3.8) is 0 Å². The highest BCUT2D eigenvalue weighted by Gasteiger charge is 2.25. The maximum atomic E-state index is 2.46. The number of hydrogen-bond donors (Lipinski definition) is 0. The number of rotatable bonds is 4. The summed E-state index contributed by atoms with van der Waals surface area (Å²) in [5, 5.41) is 0. The molecule has 2 nitrogen and oxygen atoms in total. The third kappa shape index (κ3) is 5.07. The van der Waals surface area contributed by atoms with Gasteiger partial charge in [0.2, 0.25) is 0 Å². The first-order valence-electron chi connectivity index (χ1n) is 10.3. The second-order valence-electron chi connectivity index (χ2n) is 9.09. The molecule has 0 saturated carbocycles. The van der Waals surface area contributed by atoms with E-state index in [2.05, 4.69) is 38.4 Å². The molecule has 0 aliphatic carbocycles. The molecule has 2 aliphatic rings. The monoisotopic (exact) mass is 330 g/mol. The van der Waals surface area contributed by atoms with Crippen molar-refractivity contribution in [2.45, 2.75) is 64.5 Å². The number of nitrogens with zero attached hydrogens (tertiary/aromatic N) is 2. The molecule has 1 aromatic carbocycles. The molecule has 0 bridgehead atoms. The maximum absolute atomic E-state index is 2.46. The minimum absolute atomic E-state index is 1.21. The molecule has 2 heteroatoms. The first-order valence-corrected chi connectivity index (χ1v) is 10.3. The standard InChI is InChI=1S/C22H38N2/c1-23(15-7-3-4-8-16-23)19-21-11-13-22(14-12-21)20-24(2)17-9-5-6-10-18-24/h11-14H,3-10,15-20H2,1-2H3/q+2. The summed E-state index contributed by atoms with van der Waals surface area (Å²) in [4.78, 5) is 0. The fraction of sp³-hybridized carbons (Fsp3) is 0.727. The van der Waals surface area contributed by atoms with Gasteiger partial charge in [-0.3, -0.25) is 0 Å². The zero-order valence-corrected chi connectivity index (χ0v) is 16.1. The molecule has 2 saturated heterocycles. The molecule has 1 aromatic rings. The van der Waals surface area contributed by atoms with Crippen molar-refractivity contribution in [3.05, 3.63) is 35.4 Å². The van der Waals surface area contributed by atoms with Gasteiger partial charge in [0.05, 0.1) is 40.3 Å². The molecule has 2 fully saturated rings. The molecular formula is C22H38N2+2. The van der Waals surface area contributed by atoms with E-state index in [9.17, 15) is 0 Å². The summed E-state index contributed by atoms with van der Waals surface area (Å²) in [6, 6.07) is 9.64. The van der Waals surface area contributed by atoms with E-state index in [1.807, 2.05) is 0 Å². The summed E-state index contributed by atoms with van der Waals surface area (Å²) in [6.45, 7) is 7.86. The van der Waals surface area contributed by atoms with Crippen LogP contribution in [0.2, 0.25) is 0 Å². The largest absolute Gasteiger partial charge is 0.322 e. The highest BCUT2D eigenvalue weighted by Crippen LogP contribution is 2.22. The second-order valence-corrected chi connectivity index (χ2v) is 9.09. The van der Waals surface area contributed by atoms with E-state index in [1.54, 1.807) is 0 Å². The Kier molecular flexibility index (Phi) is 5.99. The van der Waals surface area contributed by atoms with Gasteiger partial charge in [-0.25, -0.2) is 0 Å². The molecule has 0 aromatic heterocycles. The molecule has 2 heterocycles. The first-order chi connectivity index (χ1) is 11.6. The Morgan fingerprint density at radius 3 is 1.12 bits per heavy atom. The van der Waals surface area contributed by atoms with Crippen molar-refractivity contribution in [2.75, 3.05) is 40.3 Å². The summed E-state index contributed by atoms with van der Waals surface area (Å²) in [7, 11) is 4.92. The van der Waals surface area contributed by atoms with Crippen LogP contribution in [-0.4, -0.2) is 49.2 Å². The van der Waals surface area contributed by atoms with Crippen LogP contribution in [0.5, 0.6) is 0 Å². The van der Waals surface area contributed by atoms with Gasteiger partial charge >= 0.3 is 0 Å². The van der Waals surface area contributed by atoms with Crippen molar-refractivity contribution in [2.24, 2.45) is 0 Å². The van der Waals surface area contributed by atoms with E-state index in [1.165, 1.54) is 111 Å². The molecular weight excluding hydrogens is 292 g/mol. The predicted molar refractivity (Wildman–Crippen MR) is 103 cm³/mol. The maximum Gasteiger partial charge on any atom is 0.104 e. The van der Waals surface area contributed by atoms with E-state index < -0.39 is 0 Å². The Morgan fingerprint density at radius 2 is 0.833 bits per heavy atom. The molecule has 24 heavy (non-hydrogen) atoms. The van der Waals surface area contributed by atoms with Crippen LogP contribution in [0.3, 0.4) is 0 Å². The van der Waals surface area contributed by atoms with Gasteiger partial charge in [-0.2, -0.15) is 0 Å². The molecule has 0 amide bonds. The minimum Gasteiger partial charge on any atom is -0.322 e. The van der Waals surface area contributed by atoms with Gasteiger partial charge in [0.1, 0.15) is 13.1 Å². The molecule has 0 spiro atoms. The summed E-state index contributed by atoms with van der Waals surface area (Å²) in [6.07, 6.45) is 11.4. The van der Waals surface area contributed by atoms with Gasteiger partial charge in [0.25, 0.3) is 0 Å². The Hall–Kier alpha value is -0.860. The summed E-state index contributed by atoms with van der Waals surface area (Å²) in [5.74, 6) is 0. The van der Waals surface area contributed by atoms with Crippen LogP contribution in [0, 0.1) is 0 Å². The molecule has 0 radical (unpaired) electrons. The number of benzene rings is 1. The third-order valence-electron chi connectivity index (χ3n) is 6.44. The second kappa shape index (κ2) is 8.01. The highest BCUT2D eigenvalue weighted by atomic mass is 15.3. The van der Waals surface area contributed by atoms with Crippen molar-refractivity contribution in [1.29, 1.82) is 0 Å². The summed E-state index contributed by atoms with van der Waals surface area (Å²) < 4.78 is 2.49. The van der Waals surface area contributed by atoms with Crippen LogP contribution < -0.4 is 0 Å². The fourth-order valence-corrected chi connectivity index (χ4v) is 4.85. The van der Waals surface area contributed by atoms with Crippen molar-refractivity contribution in [3.8, 4) is 0 Å². The van der Waals surface area contributed by atoms with E-state index >= 15 is 0 Å². The van der Waals surface area contributed by atoms with Gasteiger partial charge in [-0.15, -0.1) is 0 Å². The SMILES string of the molecule is C[N+]1(Cc2ccc(C[N+]3(C)CCCCCC3)cc2)CCCCCC1. The normalized spacial score (nSPS) is 24.1. The molecule has 2 aliphatic heterocycles. The lowest BCUT2D eigenvalue weighted by atomic mass is 10.1. The Morgan fingerprint density at radius 1 is 0.542 bits per heavy atom. The van der Waals surface area contributed by atoms with Crippen molar-refractivity contribution < 1.29 is 8.97 Å². The quantitative estimate of drug-likeness (QED) is 0.700. The topological polar surface area (TPSA) is 0 Å². The Labute approximate surface area is 149 Å². The van der Waals surface area contributed by atoms with Crippen LogP contribution in [-0.2, 0) is 13.1 Å². The molecule has 0 N–H and O–H groups in total. The summed E-state index contributed by atoms with van der Waals surface area (Å²) in [5.41, 5.74) is 3.06. The molecule has 0 atom stereocenters. The van der Waals surface area contributed by atoms with Crippen LogP contribution in [0.15, 0.2) is 24.3 Å². The number of hydrogen-bond acceptors (Lipinski definition) is 0. The zero-order chi connectivity index (χ0) is 16.9. The lowest BCUT2D eigenvalue weighted by Crippen LogP contribution is -2.44.